The highest BCUT2D eigenvalue weighted by atomic mass is 35.5. The van der Waals surface area contributed by atoms with E-state index in [1.807, 2.05) is 0 Å². The van der Waals surface area contributed by atoms with Gasteiger partial charge < -0.3 is 10.3 Å². The molecule has 0 aliphatic heterocycles. The van der Waals surface area contributed by atoms with E-state index in [1.165, 1.54) is 6.07 Å². The maximum Gasteiger partial charge on any atom is 0.251 e. The van der Waals surface area contributed by atoms with E-state index >= 15 is 0 Å². The van der Waals surface area contributed by atoms with Gasteiger partial charge in [-0.3, -0.25) is 9.59 Å². The van der Waals surface area contributed by atoms with E-state index in [0.717, 1.165) is 0 Å². The Bertz CT molecular complexity index is 1070. The van der Waals surface area contributed by atoms with Crippen LogP contribution in [0.3, 0.4) is 0 Å². The average Bonchev–Trinajstić information content (AvgIpc) is 2.48. The SMILES string of the molecule is Cn1c2ccc(Cl)cc2c(=O)c2c(Cl)c(C(N)=O)c(Cl)c(Cl)c21. The van der Waals surface area contributed by atoms with Gasteiger partial charge in [-0.25, -0.2) is 0 Å². The molecule has 0 saturated carbocycles. The lowest BCUT2D eigenvalue weighted by Crippen LogP contribution is -2.16. The van der Waals surface area contributed by atoms with Gasteiger partial charge in [0, 0.05) is 17.5 Å². The molecule has 0 radical (unpaired) electrons. The molecule has 0 aliphatic carbocycles. The number of carbonyl (C=O) groups is 1. The monoisotopic (exact) mass is 388 g/mol. The number of primary amides is 1. The fourth-order valence-electron chi connectivity index (χ4n) is 2.62. The molecule has 0 unspecified atom stereocenters. The first kappa shape index (κ1) is 16.4. The van der Waals surface area contributed by atoms with Crippen LogP contribution in [0.4, 0.5) is 0 Å². The first-order chi connectivity index (χ1) is 10.8. The maximum absolute atomic E-state index is 12.8. The van der Waals surface area contributed by atoms with Crippen LogP contribution in [0.25, 0.3) is 21.8 Å². The van der Waals surface area contributed by atoms with Crippen molar-refractivity contribution in [1.29, 1.82) is 0 Å². The highest BCUT2D eigenvalue weighted by molar-refractivity contribution is 6.50. The summed E-state index contributed by atoms with van der Waals surface area (Å²) in [4.78, 5) is 24.5. The lowest BCUT2D eigenvalue weighted by Gasteiger charge is -2.16. The molecule has 23 heavy (non-hydrogen) atoms. The van der Waals surface area contributed by atoms with Gasteiger partial charge in [0.05, 0.1) is 37.1 Å². The van der Waals surface area contributed by atoms with Gasteiger partial charge >= 0.3 is 0 Å². The summed E-state index contributed by atoms with van der Waals surface area (Å²) in [6, 6.07) is 4.88. The van der Waals surface area contributed by atoms with Crippen LogP contribution in [-0.2, 0) is 7.05 Å². The van der Waals surface area contributed by atoms with Crippen molar-refractivity contribution in [3.8, 4) is 0 Å². The second-order valence-electron chi connectivity index (χ2n) is 4.95. The highest BCUT2D eigenvalue weighted by Gasteiger charge is 2.24. The summed E-state index contributed by atoms with van der Waals surface area (Å²) >= 11 is 24.6. The van der Waals surface area contributed by atoms with Crippen molar-refractivity contribution < 1.29 is 4.79 Å². The van der Waals surface area contributed by atoms with Crippen LogP contribution < -0.4 is 11.2 Å². The predicted octanol–water partition coefficient (Wildman–Crippen LogP) is 4.40. The Hall–Kier alpha value is -1.46. The quantitative estimate of drug-likeness (QED) is 0.495. The summed E-state index contributed by atoms with van der Waals surface area (Å²) in [5.74, 6) is -0.864. The van der Waals surface area contributed by atoms with E-state index in [-0.39, 0.29) is 26.0 Å². The van der Waals surface area contributed by atoms with Gasteiger partial charge in [0.2, 0.25) is 0 Å². The molecule has 1 heterocycles. The minimum atomic E-state index is -0.864. The van der Waals surface area contributed by atoms with E-state index in [0.29, 0.717) is 21.4 Å². The number of amides is 1. The van der Waals surface area contributed by atoms with Crippen molar-refractivity contribution in [2.75, 3.05) is 0 Å². The van der Waals surface area contributed by atoms with Crippen molar-refractivity contribution in [3.63, 3.8) is 0 Å². The fraction of sp³-hybridized carbons (Fsp3) is 0.0667. The minimum Gasteiger partial charge on any atom is -0.366 e. The van der Waals surface area contributed by atoms with Crippen LogP contribution in [-0.4, -0.2) is 10.5 Å². The van der Waals surface area contributed by atoms with Gasteiger partial charge in [0.1, 0.15) is 0 Å². The summed E-state index contributed by atoms with van der Waals surface area (Å²) < 4.78 is 1.67. The van der Waals surface area contributed by atoms with Gasteiger partial charge in [0.15, 0.2) is 5.43 Å². The molecular formula is C15H8Cl4N2O2. The van der Waals surface area contributed by atoms with Gasteiger partial charge in [-0.05, 0) is 18.2 Å². The Kier molecular flexibility index (Phi) is 3.97. The Morgan fingerprint density at radius 2 is 1.74 bits per heavy atom. The average molecular weight is 390 g/mol. The first-order valence-electron chi connectivity index (χ1n) is 6.34. The summed E-state index contributed by atoms with van der Waals surface area (Å²) in [6.07, 6.45) is 0. The second-order valence-corrected chi connectivity index (χ2v) is 6.52. The molecule has 8 heteroatoms. The number of aromatic nitrogens is 1. The van der Waals surface area contributed by atoms with Gasteiger partial charge in [-0.15, -0.1) is 0 Å². The fourth-order valence-corrected chi connectivity index (χ4v) is 3.80. The Morgan fingerprint density at radius 3 is 2.35 bits per heavy atom. The lowest BCUT2D eigenvalue weighted by atomic mass is 10.1. The molecule has 0 bridgehead atoms. The Labute approximate surface area is 150 Å². The molecule has 1 amide bonds. The molecule has 3 rings (SSSR count). The van der Waals surface area contributed by atoms with E-state index in [2.05, 4.69) is 0 Å². The normalized spacial score (nSPS) is 11.3. The van der Waals surface area contributed by atoms with Crippen molar-refractivity contribution >= 4 is 74.1 Å². The zero-order valence-corrected chi connectivity index (χ0v) is 14.6. The van der Waals surface area contributed by atoms with Gasteiger partial charge in [0.25, 0.3) is 5.91 Å². The molecule has 0 aliphatic rings. The molecular weight excluding hydrogens is 382 g/mol. The Morgan fingerprint density at radius 1 is 1.09 bits per heavy atom. The first-order valence-corrected chi connectivity index (χ1v) is 7.85. The zero-order chi connectivity index (χ0) is 17.0. The summed E-state index contributed by atoms with van der Waals surface area (Å²) in [6.45, 7) is 0. The number of nitrogens with zero attached hydrogens (tertiary/aromatic N) is 1. The number of rotatable bonds is 1. The molecule has 2 N–H and O–H groups in total. The molecule has 3 aromatic rings. The third-order valence-electron chi connectivity index (χ3n) is 3.67. The van der Waals surface area contributed by atoms with Gasteiger partial charge in [-0.1, -0.05) is 46.4 Å². The van der Waals surface area contributed by atoms with Crippen molar-refractivity contribution in [2.24, 2.45) is 12.8 Å². The Balaban J connectivity index is 2.74. The zero-order valence-electron chi connectivity index (χ0n) is 11.6. The molecule has 4 nitrogen and oxygen atoms in total. The van der Waals surface area contributed by atoms with E-state index in [4.69, 9.17) is 52.1 Å². The van der Waals surface area contributed by atoms with Crippen LogP contribution in [0, 0.1) is 0 Å². The van der Waals surface area contributed by atoms with Crippen molar-refractivity contribution in [1.82, 2.24) is 4.57 Å². The maximum atomic E-state index is 12.8. The second kappa shape index (κ2) is 5.56. The predicted molar refractivity (Wildman–Crippen MR) is 95.3 cm³/mol. The number of pyridine rings is 1. The topological polar surface area (TPSA) is 65.1 Å². The number of hydrogen-bond donors (Lipinski definition) is 1. The summed E-state index contributed by atoms with van der Waals surface area (Å²) in [5.41, 5.74) is 5.66. The standard InChI is InChI=1S/C15H8Cl4N2O2/c1-21-7-3-2-5(16)4-6(7)14(22)9-10(17)8(15(20)23)11(18)12(19)13(9)21/h2-4H,1H3,(H2,20,23). The number of hydrogen-bond acceptors (Lipinski definition) is 2. The van der Waals surface area contributed by atoms with Crippen LogP contribution in [0.1, 0.15) is 10.4 Å². The lowest BCUT2D eigenvalue weighted by molar-refractivity contribution is 0.100. The third kappa shape index (κ3) is 2.29. The number of halogens is 4. The van der Waals surface area contributed by atoms with Crippen LogP contribution in [0.2, 0.25) is 20.1 Å². The molecule has 118 valence electrons. The van der Waals surface area contributed by atoms with E-state index < -0.39 is 11.3 Å². The summed E-state index contributed by atoms with van der Waals surface area (Å²) in [5, 5.41) is 0.663. The van der Waals surface area contributed by atoms with Crippen LogP contribution >= 0.6 is 46.4 Å². The number of fused-ring (bicyclic) bond motifs is 2. The number of benzene rings is 2. The molecule has 2 aromatic carbocycles. The molecule has 1 aromatic heterocycles. The largest absolute Gasteiger partial charge is 0.366 e. The smallest absolute Gasteiger partial charge is 0.251 e. The van der Waals surface area contributed by atoms with Crippen LogP contribution in [0.5, 0.6) is 0 Å². The molecule has 0 atom stereocenters. The van der Waals surface area contributed by atoms with Crippen LogP contribution in [0.15, 0.2) is 23.0 Å². The number of nitrogens with two attached hydrogens (primary N) is 1. The number of carbonyl (C=O) groups excluding carboxylic acids is 1. The number of aryl methyl sites for hydroxylation is 1. The molecule has 0 fully saturated rings. The molecule has 0 spiro atoms. The van der Waals surface area contributed by atoms with Crippen molar-refractivity contribution in [2.45, 2.75) is 0 Å². The minimum absolute atomic E-state index is 0.0383. The van der Waals surface area contributed by atoms with E-state index in [9.17, 15) is 9.59 Å². The summed E-state index contributed by atoms with van der Waals surface area (Å²) in [7, 11) is 1.71. The molecule has 0 saturated heterocycles. The van der Waals surface area contributed by atoms with Crippen molar-refractivity contribution in [3.05, 3.63) is 54.1 Å². The highest BCUT2D eigenvalue weighted by Crippen LogP contribution is 2.39. The third-order valence-corrected chi connectivity index (χ3v) is 5.13. The van der Waals surface area contributed by atoms with Gasteiger partial charge in [-0.2, -0.15) is 0 Å². The van der Waals surface area contributed by atoms with E-state index in [1.54, 1.807) is 23.7 Å².